The number of carbonyl (C=O) groups is 1. The van der Waals surface area contributed by atoms with Crippen LogP contribution < -0.4 is 9.62 Å². The van der Waals surface area contributed by atoms with Crippen LogP contribution in [0.2, 0.25) is 5.02 Å². The van der Waals surface area contributed by atoms with Crippen molar-refractivity contribution in [2.45, 2.75) is 6.42 Å². The van der Waals surface area contributed by atoms with E-state index in [2.05, 4.69) is 10.3 Å². The van der Waals surface area contributed by atoms with Gasteiger partial charge in [-0.25, -0.2) is 13.4 Å². The second kappa shape index (κ2) is 7.20. The van der Waals surface area contributed by atoms with E-state index in [0.29, 0.717) is 40.1 Å². The highest BCUT2D eigenvalue weighted by molar-refractivity contribution is 7.92. The normalized spacial score (nSPS) is 13.4. The SMILES string of the molecule is CS(=O)(=O)N1CCc2cc(C(=O)Nc3nc(-c4ccccc4Cl)cs3)ccc21. The number of nitrogens with one attached hydrogen (secondary N) is 1. The maximum Gasteiger partial charge on any atom is 0.257 e. The molecule has 0 aliphatic carbocycles. The molecule has 1 aliphatic rings. The molecule has 0 saturated heterocycles. The van der Waals surface area contributed by atoms with E-state index < -0.39 is 10.0 Å². The topological polar surface area (TPSA) is 79.4 Å². The number of aromatic nitrogens is 1. The molecule has 2 aromatic carbocycles. The molecule has 4 rings (SSSR count). The average Bonchev–Trinajstić information content (AvgIpc) is 3.28. The maximum atomic E-state index is 12.6. The Balaban J connectivity index is 1.53. The molecule has 2 heterocycles. The van der Waals surface area contributed by atoms with E-state index in [-0.39, 0.29) is 5.91 Å². The molecule has 0 radical (unpaired) electrons. The van der Waals surface area contributed by atoms with Gasteiger partial charge in [0.05, 0.1) is 17.6 Å². The fraction of sp³-hybridized carbons (Fsp3) is 0.158. The van der Waals surface area contributed by atoms with E-state index in [0.717, 1.165) is 11.1 Å². The Kier molecular flexibility index (Phi) is 4.86. The summed E-state index contributed by atoms with van der Waals surface area (Å²) in [6.07, 6.45) is 1.76. The number of fused-ring (bicyclic) bond motifs is 1. The fourth-order valence-corrected chi connectivity index (χ4v) is 5.05. The summed E-state index contributed by atoms with van der Waals surface area (Å²) in [6, 6.07) is 12.4. The average molecular weight is 434 g/mol. The Morgan fingerprint density at radius 1 is 1.25 bits per heavy atom. The van der Waals surface area contributed by atoms with Crippen molar-refractivity contribution in [2.75, 3.05) is 22.4 Å². The van der Waals surface area contributed by atoms with Gasteiger partial charge in [-0.15, -0.1) is 11.3 Å². The lowest BCUT2D eigenvalue weighted by Crippen LogP contribution is -2.27. The van der Waals surface area contributed by atoms with E-state index in [4.69, 9.17) is 11.6 Å². The van der Waals surface area contributed by atoms with Gasteiger partial charge in [0, 0.05) is 28.1 Å². The number of carbonyl (C=O) groups excluding carboxylic acids is 1. The molecule has 0 unspecified atom stereocenters. The smallest absolute Gasteiger partial charge is 0.257 e. The second-order valence-corrected chi connectivity index (χ2v) is 9.57. The van der Waals surface area contributed by atoms with E-state index >= 15 is 0 Å². The predicted octanol–water partition coefficient (Wildman–Crippen LogP) is 4.04. The number of halogens is 1. The van der Waals surface area contributed by atoms with Gasteiger partial charge in [-0.1, -0.05) is 29.8 Å². The predicted molar refractivity (Wildman–Crippen MR) is 113 cm³/mol. The molecular weight excluding hydrogens is 418 g/mol. The molecule has 1 aliphatic heterocycles. The zero-order valence-electron chi connectivity index (χ0n) is 14.8. The summed E-state index contributed by atoms with van der Waals surface area (Å²) < 4.78 is 25.0. The summed E-state index contributed by atoms with van der Waals surface area (Å²) in [6.45, 7) is 0.396. The van der Waals surface area contributed by atoms with Gasteiger partial charge < -0.3 is 0 Å². The highest BCUT2D eigenvalue weighted by Crippen LogP contribution is 2.32. The van der Waals surface area contributed by atoms with E-state index in [9.17, 15) is 13.2 Å². The van der Waals surface area contributed by atoms with Crippen molar-refractivity contribution < 1.29 is 13.2 Å². The first-order chi connectivity index (χ1) is 13.3. The van der Waals surface area contributed by atoms with Crippen molar-refractivity contribution >= 4 is 49.7 Å². The molecule has 0 bridgehead atoms. The number of hydrogen-bond donors (Lipinski definition) is 1. The Morgan fingerprint density at radius 2 is 2.04 bits per heavy atom. The van der Waals surface area contributed by atoms with E-state index in [1.165, 1.54) is 21.9 Å². The van der Waals surface area contributed by atoms with Crippen LogP contribution in [0.4, 0.5) is 10.8 Å². The van der Waals surface area contributed by atoms with Crippen LogP contribution in [0.3, 0.4) is 0 Å². The number of benzene rings is 2. The molecule has 0 atom stereocenters. The first kappa shape index (κ1) is 18.9. The summed E-state index contributed by atoms with van der Waals surface area (Å²) in [5.41, 5.74) is 3.44. The fourth-order valence-electron chi connectivity index (χ4n) is 3.15. The van der Waals surface area contributed by atoms with Crippen LogP contribution >= 0.6 is 22.9 Å². The van der Waals surface area contributed by atoms with Crippen LogP contribution in [0.1, 0.15) is 15.9 Å². The third-order valence-corrected chi connectivity index (χ3v) is 6.74. The van der Waals surface area contributed by atoms with Crippen LogP contribution in [0.5, 0.6) is 0 Å². The zero-order valence-corrected chi connectivity index (χ0v) is 17.2. The van der Waals surface area contributed by atoms with E-state index in [1.54, 1.807) is 24.3 Å². The number of amides is 1. The molecule has 1 aromatic heterocycles. The second-order valence-electron chi connectivity index (χ2n) is 6.40. The van der Waals surface area contributed by atoms with Crippen molar-refractivity contribution in [3.8, 4) is 11.3 Å². The standard InChI is InChI=1S/C19H16ClN3O3S2/c1-28(25,26)23-9-8-12-10-13(6-7-17(12)23)18(24)22-19-21-16(11-27-19)14-4-2-3-5-15(14)20/h2-7,10-11H,8-9H2,1H3,(H,21,22,24). The molecule has 6 nitrogen and oxygen atoms in total. The Labute approximate surface area is 171 Å². The Hall–Kier alpha value is -2.42. The van der Waals surface area contributed by atoms with Crippen LogP contribution in [0, 0.1) is 0 Å². The third-order valence-electron chi connectivity index (χ3n) is 4.47. The molecule has 3 aromatic rings. The molecule has 0 saturated carbocycles. The lowest BCUT2D eigenvalue weighted by Gasteiger charge is -2.16. The van der Waals surface area contributed by atoms with Crippen molar-refractivity contribution in [3.05, 3.63) is 64.0 Å². The van der Waals surface area contributed by atoms with Gasteiger partial charge in [0.25, 0.3) is 5.91 Å². The van der Waals surface area contributed by atoms with Gasteiger partial charge in [0.15, 0.2) is 5.13 Å². The summed E-state index contributed by atoms with van der Waals surface area (Å²) in [5, 5.41) is 5.70. The first-order valence-corrected chi connectivity index (χ1v) is 11.6. The number of anilines is 2. The van der Waals surface area contributed by atoms with Gasteiger partial charge in [-0.2, -0.15) is 0 Å². The minimum Gasteiger partial charge on any atom is -0.298 e. The molecule has 0 spiro atoms. The number of thiazole rings is 1. The summed E-state index contributed by atoms with van der Waals surface area (Å²) in [7, 11) is -3.31. The minimum absolute atomic E-state index is 0.291. The molecule has 0 fully saturated rings. The van der Waals surface area contributed by atoms with Gasteiger partial charge in [-0.3, -0.25) is 14.4 Å². The van der Waals surface area contributed by atoms with Crippen molar-refractivity contribution in [3.63, 3.8) is 0 Å². The van der Waals surface area contributed by atoms with E-state index in [1.807, 2.05) is 23.6 Å². The zero-order chi connectivity index (χ0) is 19.9. The quantitative estimate of drug-likeness (QED) is 0.673. The summed E-state index contributed by atoms with van der Waals surface area (Å²) in [4.78, 5) is 17.0. The highest BCUT2D eigenvalue weighted by Gasteiger charge is 2.26. The lowest BCUT2D eigenvalue weighted by atomic mass is 10.1. The lowest BCUT2D eigenvalue weighted by molar-refractivity contribution is 0.102. The third kappa shape index (κ3) is 3.63. The molecule has 144 valence electrons. The molecule has 9 heteroatoms. The summed E-state index contributed by atoms with van der Waals surface area (Å²) in [5.74, 6) is -0.291. The minimum atomic E-state index is -3.31. The monoisotopic (exact) mass is 433 g/mol. The first-order valence-electron chi connectivity index (χ1n) is 8.45. The molecule has 28 heavy (non-hydrogen) atoms. The molecule has 1 N–H and O–H groups in total. The van der Waals surface area contributed by atoms with Crippen LogP contribution in [0.15, 0.2) is 47.8 Å². The van der Waals surface area contributed by atoms with Gasteiger partial charge >= 0.3 is 0 Å². The number of nitrogens with zero attached hydrogens (tertiary/aromatic N) is 2. The van der Waals surface area contributed by atoms with Gasteiger partial charge in [0.2, 0.25) is 10.0 Å². The number of hydrogen-bond acceptors (Lipinski definition) is 5. The van der Waals surface area contributed by atoms with Crippen LogP contribution in [-0.4, -0.2) is 32.1 Å². The molecule has 1 amide bonds. The molecular formula is C19H16ClN3O3S2. The number of sulfonamides is 1. The van der Waals surface area contributed by atoms with Crippen molar-refractivity contribution in [1.29, 1.82) is 0 Å². The van der Waals surface area contributed by atoms with Gasteiger partial charge in [-0.05, 0) is 36.2 Å². The summed E-state index contributed by atoms with van der Waals surface area (Å²) >= 11 is 7.51. The Morgan fingerprint density at radius 3 is 2.79 bits per heavy atom. The largest absolute Gasteiger partial charge is 0.298 e. The van der Waals surface area contributed by atoms with Crippen molar-refractivity contribution in [1.82, 2.24) is 4.98 Å². The van der Waals surface area contributed by atoms with Gasteiger partial charge in [0.1, 0.15) is 0 Å². The van der Waals surface area contributed by atoms with Crippen LogP contribution in [-0.2, 0) is 16.4 Å². The number of rotatable bonds is 4. The van der Waals surface area contributed by atoms with Crippen LogP contribution in [0.25, 0.3) is 11.3 Å². The maximum absolute atomic E-state index is 12.6. The Bertz CT molecular complexity index is 1170. The highest BCUT2D eigenvalue weighted by atomic mass is 35.5. The van der Waals surface area contributed by atoms with Crippen molar-refractivity contribution in [2.24, 2.45) is 0 Å².